The molecule has 0 N–H and O–H groups in total. The van der Waals surface area contributed by atoms with Gasteiger partial charge in [0, 0.05) is 23.7 Å². The number of nitrogens with zero attached hydrogens (tertiary/aromatic N) is 2. The number of hydrogen-bond donors (Lipinski definition) is 0. The van der Waals surface area contributed by atoms with Crippen LogP contribution < -0.4 is 4.74 Å². The van der Waals surface area contributed by atoms with Gasteiger partial charge in [-0.3, -0.25) is 9.88 Å². The monoisotopic (exact) mass is 482 g/mol. The number of alkyl halides is 3. The number of benzene rings is 2. The first-order valence-corrected chi connectivity index (χ1v) is 11.9. The number of fused-ring (bicyclic) bond motifs is 4. The van der Waals surface area contributed by atoms with Crippen LogP contribution in [0.5, 0.6) is 5.75 Å². The molecule has 0 aliphatic carbocycles. The van der Waals surface area contributed by atoms with Gasteiger partial charge in [-0.25, -0.2) is 0 Å². The zero-order valence-corrected chi connectivity index (χ0v) is 19.7. The van der Waals surface area contributed by atoms with E-state index in [4.69, 9.17) is 9.47 Å². The van der Waals surface area contributed by atoms with Crippen molar-refractivity contribution < 1.29 is 22.6 Å². The van der Waals surface area contributed by atoms with Crippen molar-refractivity contribution in [3.8, 4) is 5.75 Å². The summed E-state index contributed by atoms with van der Waals surface area (Å²) in [6.07, 6.45) is -0.0895. The summed E-state index contributed by atoms with van der Waals surface area (Å²) in [7, 11) is 1.50. The van der Waals surface area contributed by atoms with Crippen molar-refractivity contribution in [2.75, 3.05) is 20.2 Å². The molecular formula is C28H29F3N2O2. The van der Waals surface area contributed by atoms with Crippen LogP contribution in [-0.4, -0.2) is 42.3 Å². The van der Waals surface area contributed by atoms with Crippen molar-refractivity contribution in [3.05, 3.63) is 84.6 Å². The van der Waals surface area contributed by atoms with E-state index in [2.05, 4.69) is 11.6 Å². The van der Waals surface area contributed by atoms with Gasteiger partial charge in [0.05, 0.1) is 25.3 Å². The van der Waals surface area contributed by atoms with Gasteiger partial charge in [0.2, 0.25) is 5.60 Å². The summed E-state index contributed by atoms with van der Waals surface area (Å²) in [5, 5.41) is 0.389. The van der Waals surface area contributed by atoms with Gasteiger partial charge in [-0.15, -0.1) is 6.58 Å². The van der Waals surface area contributed by atoms with Crippen LogP contribution >= 0.6 is 0 Å². The van der Waals surface area contributed by atoms with Gasteiger partial charge in [0.25, 0.3) is 0 Å². The van der Waals surface area contributed by atoms with Crippen LogP contribution in [-0.2, 0) is 16.9 Å². The maximum Gasteiger partial charge on any atom is 0.423 e. The van der Waals surface area contributed by atoms with Gasteiger partial charge >= 0.3 is 6.18 Å². The van der Waals surface area contributed by atoms with E-state index >= 15 is 13.2 Å². The molecule has 3 saturated heterocycles. The highest BCUT2D eigenvalue weighted by Gasteiger charge is 2.65. The second kappa shape index (κ2) is 9.28. The number of halogens is 3. The maximum atomic E-state index is 15.5. The summed E-state index contributed by atoms with van der Waals surface area (Å²) in [5.74, 6) is 0.810. The molecule has 3 aliphatic heterocycles. The lowest BCUT2D eigenvalue weighted by Gasteiger charge is -2.56. The fraction of sp³-hybridized carbons (Fsp3) is 0.393. The molecule has 3 aliphatic rings. The van der Waals surface area contributed by atoms with E-state index < -0.39 is 17.8 Å². The Labute approximate surface area is 203 Å². The van der Waals surface area contributed by atoms with Crippen molar-refractivity contribution in [2.24, 2.45) is 11.8 Å². The largest absolute Gasteiger partial charge is 0.497 e. The molecule has 3 aromatic rings. The van der Waals surface area contributed by atoms with Crippen molar-refractivity contribution in [1.82, 2.24) is 9.88 Å². The average molecular weight is 483 g/mol. The van der Waals surface area contributed by atoms with Gasteiger partial charge in [-0.05, 0) is 61.1 Å². The molecule has 2 aromatic carbocycles. The summed E-state index contributed by atoms with van der Waals surface area (Å²) in [4.78, 5) is 6.30. The van der Waals surface area contributed by atoms with Crippen LogP contribution in [0.4, 0.5) is 13.2 Å². The van der Waals surface area contributed by atoms with Crippen molar-refractivity contribution in [2.45, 2.75) is 37.3 Å². The first kappa shape index (κ1) is 23.8. The molecule has 1 aromatic heterocycles. The van der Waals surface area contributed by atoms with Crippen molar-refractivity contribution in [3.63, 3.8) is 0 Å². The number of ether oxygens (including phenoxy) is 2. The van der Waals surface area contributed by atoms with E-state index in [-0.39, 0.29) is 24.0 Å². The minimum atomic E-state index is -4.68. The molecule has 5 atom stereocenters. The maximum absolute atomic E-state index is 15.5. The molecule has 2 bridgehead atoms. The first-order valence-electron chi connectivity index (χ1n) is 11.9. The number of methoxy groups -OCH3 is 1. The first-order chi connectivity index (χ1) is 16.9. The summed E-state index contributed by atoms with van der Waals surface area (Å²) in [5.41, 5.74) is -1.30. The van der Waals surface area contributed by atoms with E-state index in [1.54, 1.807) is 42.5 Å². The predicted octanol–water partition coefficient (Wildman–Crippen LogP) is 6.11. The highest BCUT2D eigenvalue weighted by Crippen LogP contribution is 2.54. The molecule has 4 nitrogen and oxygen atoms in total. The normalized spacial score (nSPS) is 25.8. The standard InChI is InChI=1S/C28H29F3N2O2/c1-3-20-17-33-14-12-21(20)15-26(33)27(28(29,30)31,35-18-19-7-5-4-6-8-19)24-11-13-32-25-10-9-22(34-2)16-23(24)25/h3-11,13,16,20-21,26H,1,12,14-15,17-18H2,2H3/t20-,21-,26+,27+/m0/s1. The van der Waals surface area contributed by atoms with Gasteiger partial charge in [0.15, 0.2) is 0 Å². The molecule has 3 fully saturated rings. The molecule has 0 amide bonds. The number of rotatable bonds is 7. The summed E-state index contributed by atoms with van der Waals surface area (Å²) in [6, 6.07) is 14.7. The Bertz CT molecular complexity index is 1200. The molecule has 7 heteroatoms. The zero-order chi connectivity index (χ0) is 24.6. The molecule has 0 radical (unpaired) electrons. The van der Waals surface area contributed by atoms with E-state index in [0.717, 1.165) is 6.42 Å². The van der Waals surface area contributed by atoms with Crippen molar-refractivity contribution >= 4 is 10.9 Å². The van der Waals surface area contributed by atoms with E-state index in [9.17, 15) is 0 Å². The summed E-state index contributed by atoms with van der Waals surface area (Å²) < 4.78 is 58.1. The van der Waals surface area contributed by atoms with Gasteiger partial charge in [-0.2, -0.15) is 13.2 Å². The SMILES string of the molecule is C=C[C@H]1CN2CC[C@H]1C[C@@H]2[C@](OCc1ccccc1)(c1ccnc2ccc(OC)cc12)C(F)(F)F. The molecular weight excluding hydrogens is 453 g/mol. The number of piperidine rings is 3. The second-order valence-corrected chi connectivity index (χ2v) is 9.44. The van der Waals surface area contributed by atoms with Crippen LogP contribution in [0.2, 0.25) is 0 Å². The number of aromatic nitrogens is 1. The Morgan fingerprint density at radius 3 is 2.60 bits per heavy atom. The highest BCUT2D eigenvalue weighted by atomic mass is 19.4. The summed E-state index contributed by atoms with van der Waals surface area (Å²) in [6.45, 7) is 4.94. The lowest BCUT2D eigenvalue weighted by molar-refractivity contribution is -0.318. The highest BCUT2D eigenvalue weighted by molar-refractivity contribution is 5.84. The van der Waals surface area contributed by atoms with E-state index in [0.29, 0.717) is 41.7 Å². The zero-order valence-electron chi connectivity index (χ0n) is 19.7. The van der Waals surface area contributed by atoms with Crippen LogP contribution in [0.1, 0.15) is 24.0 Å². The fourth-order valence-electron chi connectivity index (χ4n) is 5.88. The molecule has 0 spiro atoms. The lowest BCUT2D eigenvalue weighted by Crippen LogP contribution is -2.66. The van der Waals surface area contributed by atoms with Crippen molar-refractivity contribution in [1.29, 1.82) is 0 Å². The second-order valence-electron chi connectivity index (χ2n) is 9.44. The third kappa shape index (κ3) is 4.10. The van der Waals surface area contributed by atoms with E-state index in [1.807, 2.05) is 17.0 Å². The Hall–Kier alpha value is -2.90. The molecule has 0 saturated carbocycles. The third-order valence-corrected chi connectivity index (χ3v) is 7.66. The predicted molar refractivity (Wildman–Crippen MR) is 129 cm³/mol. The molecule has 6 rings (SSSR count). The summed E-state index contributed by atoms with van der Waals surface area (Å²) >= 11 is 0. The van der Waals surface area contributed by atoms with Gasteiger partial charge in [-0.1, -0.05) is 36.4 Å². The van der Waals surface area contributed by atoms with Gasteiger partial charge < -0.3 is 9.47 Å². The third-order valence-electron chi connectivity index (χ3n) is 7.66. The molecule has 35 heavy (non-hydrogen) atoms. The fourth-order valence-corrected chi connectivity index (χ4v) is 5.88. The smallest absolute Gasteiger partial charge is 0.423 e. The number of hydrogen-bond acceptors (Lipinski definition) is 4. The topological polar surface area (TPSA) is 34.6 Å². The minimum absolute atomic E-state index is 0.0811. The average Bonchev–Trinajstić information content (AvgIpc) is 2.89. The van der Waals surface area contributed by atoms with Crippen LogP contribution in [0, 0.1) is 11.8 Å². The molecule has 184 valence electrons. The van der Waals surface area contributed by atoms with Crippen LogP contribution in [0.25, 0.3) is 10.9 Å². The Morgan fingerprint density at radius 1 is 1.14 bits per heavy atom. The van der Waals surface area contributed by atoms with Crippen LogP contribution in [0.15, 0.2) is 73.4 Å². The van der Waals surface area contributed by atoms with Crippen LogP contribution in [0.3, 0.4) is 0 Å². The Kier molecular flexibility index (Phi) is 6.32. The Morgan fingerprint density at radius 2 is 1.94 bits per heavy atom. The minimum Gasteiger partial charge on any atom is -0.497 e. The van der Waals surface area contributed by atoms with E-state index in [1.165, 1.54) is 19.4 Å². The Balaban J connectivity index is 1.71. The number of pyridine rings is 1. The van der Waals surface area contributed by atoms with Gasteiger partial charge in [0.1, 0.15) is 5.75 Å². The molecule has 1 unspecified atom stereocenters. The quantitative estimate of drug-likeness (QED) is 0.381. The molecule has 4 heterocycles. The lowest BCUT2D eigenvalue weighted by atomic mass is 9.69.